The Kier molecular flexibility index (Phi) is 10.0. The summed E-state index contributed by atoms with van der Waals surface area (Å²) < 4.78 is 16.3. The predicted octanol–water partition coefficient (Wildman–Crippen LogP) is 2.19. The zero-order valence-corrected chi connectivity index (χ0v) is 10.1. The second-order valence-corrected chi connectivity index (χ2v) is 4.94. The molecule has 1 rings (SSSR count). The molecule has 0 heterocycles. The van der Waals surface area contributed by atoms with Gasteiger partial charge in [0.25, 0.3) is 0 Å². The normalized spacial score (nSPS) is 17.6. The average Bonchev–Trinajstić information content (AvgIpc) is 2.15. The lowest BCUT2D eigenvalue weighted by molar-refractivity contribution is 0.334. The summed E-state index contributed by atoms with van der Waals surface area (Å²) in [5, 5.41) is 0. The molecule has 0 radical (unpaired) electrons. The van der Waals surface area contributed by atoms with Gasteiger partial charge in [-0.3, -0.25) is 0 Å². The molecule has 14 heavy (non-hydrogen) atoms. The molecule has 0 amide bonds. The number of nitrogens with two attached hydrogens (primary N) is 1. The van der Waals surface area contributed by atoms with Crippen LogP contribution in [0.2, 0.25) is 0 Å². The Hall–Kier alpha value is 0.290. The van der Waals surface area contributed by atoms with Crippen molar-refractivity contribution in [2.45, 2.75) is 44.9 Å². The predicted molar refractivity (Wildman–Crippen MR) is 62.9 cm³/mol. The van der Waals surface area contributed by atoms with E-state index in [9.17, 15) is 0 Å². The topological polar surface area (TPSA) is 63.3 Å². The Balaban J connectivity index is 0.000000364. The Labute approximate surface area is 93.0 Å². The number of hydrogen-bond acceptors (Lipinski definition) is 4. The first kappa shape index (κ1) is 14.3. The highest BCUT2D eigenvalue weighted by atomic mass is 32.8. The monoisotopic (exact) mass is 238 g/mol. The van der Waals surface area contributed by atoms with Crippen molar-refractivity contribution in [3.8, 4) is 0 Å². The molecule has 0 atom stereocenters. The van der Waals surface area contributed by atoms with E-state index in [0.29, 0.717) is 0 Å². The van der Waals surface area contributed by atoms with Gasteiger partial charge >= 0.3 is 0 Å². The van der Waals surface area contributed by atoms with Gasteiger partial charge in [0.15, 0.2) is 0 Å². The van der Waals surface area contributed by atoms with Crippen molar-refractivity contribution < 1.29 is 8.76 Å². The van der Waals surface area contributed by atoms with Crippen LogP contribution in [-0.4, -0.2) is 11.1 Å². The van der Waals surface area contributed by atoms with E-state index in [2.05, 4.69) is 11.2 Å². The van der Waals surface area contributed by atoms with Crippen LogP contribution >= 0.6 is 0 Å². The van der Waals surface area contributed by atoms with E-state index in [1.807, 2.05) is 0 Å². The fraction of sp³-hybridized carbons (Fsp3) is 1.00. The van der Waals surface area contributed by atoms with Crippen molar-refractivity contribution >= 4 is 20.8 Å². The minimum atomic E-state index is -2.03. The van der Waals surface area contributed by atoms with E-state index in [1.165, 1.54) is 44.9 Å². The van der Waals surface area contributed by atoms with E-state index in [1.54, 1.807) is 0 Å². The van der Waals surface area contributed by atoms with Crippen LogP contribution in [0.5, 0.6) is 0 Å². The van der Waals surface area contributed by atoms with E-state index >= 15 is 0 Å². The molecule has 3 N–H and O–H groups in total. The van der Waals surface area contributed by atoms with Gasteiger partial charge in [0, 0.05) is 0 Å². The van der Waals surface area contributed by atoms with Crippen molar-refractivity contribution in [1.82, 2.24) is 0 Å². The van der Waals surface area contributed by atoms with Crippen LogP contribution in [0.15, 0.2) is 0 Å². The van der Waals surface area contributed by atoms with Crippen LogP contribution in [0, 0.1) is 5.92 Å². The third-order valence-corrected chi connectivity index (χ3v) is 2.54. The average molecular weight is 238 g/mol. The second-order valence-electron chi connectivity index (χ2n) is 3.65. The first-order valence-electron chi connectivity index (χ1n) is 5.15. The van der Waals surface area contributed by atoms with Gasteiger partial charge in [-0.1, -0.05) is 41.7 Å². The minimum absolute atomic E-state index is 0.885. The van der Waals surface area contributed by atoms with Crippen LogP contribution < -0.4 is 5.73 Å². The summed E-state index contributed by atoms with van der Waals surface area (Å²) in [5.41, 5.74) is 5.45. The maximum absolute atomic E-state index is 8.93. The maximum Gasteiger partial charge on any atom is -0.00772 e. The molecule has 0 bridgehead atoms. The van der Waals surface area contributed by atoms with Crippen molar-refractivity contribution in [2.24, 2.45) is 11.7 Å². The van der Waals surface area contributed by atoms with E-state index in [4.69, 9.17) is 14.5 Å². The molecule has 1 aliphatic rings. The third kappa shape index (κ3) is 10.4. The van der Waals surface area contributed by atoms with E-state index in [-0.39, 0.29) is 0 Å². The van der Waals surface area contributed by atoms with Gasteiger partial charge in [-0.25, -0.2) is 11.2 Å². The number of hydrogen-bond donors (Lipinski definition) is 2. The van der Waals surface area contributed by atoms with Gasteiger partial charge in [-0.2, -0.15) is 0 Å². The zero-order valence-electron chi connectivity index (χ0n) is 8.48. The highest BCUT2D eigenvalue weighted by Gasteiger charge is 2.11. The van der Waals surface area contributed by atoms with Crippen molar-refractivity contribution in [2.75, 3.05) is 6.54 Å². The quantitative estimate of drug-likeness (QED) is 0.584. The summed E-state index contributed by atoms with van der Waals surface area (Å²) in [5.74, 6) is 1.03. The Morgan fingerprint density at radius 3 is 2.29 bits per heavy atom. The molecule has 0 aromatic carbocycles. The molecule has 0 unspecified atom stereocenters. The van der Waals surface area contributed by atoms with E-state index < -0.39 is 9.64 Å². The van der Waals surface area contributed by atoms with Crippen LogP contribution in [0.1, 0.15) is 44.9 Å². The zero-order chi connectivity index (χ0) is 10.8. The minimum Gasteiger partial charge on any atom is -0.459 e. The molecule has 1 saturated carbocycles. The first-order chi connectivity index (χ1) is 6.66. The molecule has 0 saturated heterocycles. The van der Waals surface area contributed by atoms with E-state index in [0.717, 1.165) is 12.5 Å². The standard InChI is InChI=1S/C9H19N.HO2S2/c10-8-4-7-9-5-2-1-3-6-9;1-4(2)3/h9H,1-8,10H2;(H,1,2,3)/q;-1. The lowest BCUT2D eigenvalue weighted by atomic mass is 9.86. The lowest BCUT2D eigenvalue weighted by Gasteiger charge is -2.20. The lowest BCUT2D eigenvalue weighted by Crippen LogP contribution is -2.08. The van der Waals surface area contributed by atoms with Gasteiger partial charge in [-0.05, 0) is 25.3 Å². The fourth-order valence-corrected chi connectivity index (χ4v) is 1.88. The molecular formula is C9H20NO2S2-. The largest absolute Gasteiger partial charge is 0.459 e. The van der Waals surface area contributed by atoms with Crippen LogP contribution in [0.3, 0.4) is 0 Å². The highest BCUT2D eigenvalue weighted by Crippen LogP contribution is 2.26. The third-order valence-electron chi connectivity index (χ3n) is 2.54. The molecule has 1 aliphatic carbocycles. The summed E-state index contributed by atoms with van der Waals surface area (Å²) >= 11 is 3.65. The molecular weight excluding hydrogens is 218 g/mol. The summed E-state index contributed by atoms with van der Waals surface area (Å²) in [6.45, 7) is 0.885. The first-order valence-corrected chi connectivity index (χ1v) is 7.18. The molecule has 0 aliphatic heterocycles. The molecule has 0 spiro atoms. The SMILES string of the molecule is NCCCC1CCCCC1.O=[S-](O)=S. The molecule has 86 valence electrons. The molecule has 1 fully saturated rings. The Morgan fingerprint density at radius 2 is 1.86 bits per heavy atom. The Morgan fingerprint density at radius 1 is 1.36 bits per heavy atom. The van der Waals surface area contributed by atoms with Gasteiger partial charge in [0.05, 0.1) is 0 Å². The van der Waals surface area contributed by atoms with Crippen molar-refractivity contribution in [1.29, 1.82) is 0 Å². The van der Waals surface area contributed by atoms with Crippen molar-refractivity contribution in [3.63, 3.8) is 0 Å². The van der Waals surface area contributed by atoms with Gasteiger partial charge in [-0.15, -0.1) is 0 Å². The summed E-state index contributed by atoms with van der Waals surface area (Å²) in [6.07, 6.45) is 9.98. The summed E-state index contributed by atoms with van der Waals surface area (Å²) in [6, 6.07) is 0. The fourth-order valence-electron chi connectivity index (χ4n) is 1.88. The summed E-state index contributed by atoms with van der Waals surface area (Å²) in [7, 11) is -2.03. The number of rotatable bonds is 3. The maximum atomic E-state index is 8.93. The highest BCUT2D eigenvalue weighted by molar-refractivity contribution is 8.18. The Bertz CT molecular complexity index is 181. The van der Waals surface area contributed by atoms with Crippen LogP contribution in [-0.2, 0) is 25.0 Å². The van der Waals surface area contributed by atoms with Gasteiger partial charge in [0.1, 0.15) is 0 Å². The molecule has 0 aromatic rings. The van der Waals surface area contributed by atoms with Crippen LogP contribution in [0.25, 0.3) is 0 Å². The van der Waals surface area contributed by atoms with Gasteiger partial charge in [0.2, 0.25) is 0 Å². The van der Waals surface area contributed by atoms with Gasteiger partial charge < -0.3 is 14.5 Å². The summed E-state index contributed by atoms with van der Waals surface area (Å²) in [4.78, 5) is 0. The molecule has 0 aromatic heterocycles. The smallest absolute Gasteiger partial charge is 0.00772 e. The molecule has 5 heteroatoms. The van der Waals surface area contributed by atoms with Crippen molar-refractivity contribution in [3.05, 3.63) is 0 Å². The molecule has 3 nitrogen and oxygen atoms in total. The second kappa shape index (κ2) is 9.83. The van der Waals surface area contributed by atoms with Crippen LogP contribution in [0.4, 0.5) is 0 Å².